The molecule has 11 atom stereocenters. The maximum absolute atomic E-state index is 14.2. The Morgan fingerprint density at radius 3 is 2.60 bits per heavy atom. The predicted molar refractivity (Wildman–Crippen MR) is 151 cm³/mol. The second-order valence-electron chi connectivity index (χ2n) is 13.9. The monoisotopic (exact) mass is 560 g/mol. The van der Waals surface area contributed by atoms with Crippen LogP contribution < -0.4 is 10.6 Å². The molecule has 8 nitrogen and oxygen atoms in total. The van der Waals surface area contributed by atoms with Crippen molar-refractivity contribution in [2.45, 2.75) is 133 Å². The highest BCUT2D eigenvalue weighted by molar-refractivity contribution is 5.82. The first-order valence-corrected chi connectivity index (χ1v) is 16.7. The van der Waals surface area contributed by atoms with Gasteiger partial charge in [0.1, 0.15) is 12.1 Å². The Hall–Kier alpha value is -1.22. The molecule has 3 N–H and O–H groups in total. The summed E-state index contributed by atoms with van der Waals surface area (Å²) in [7, 11) is 3.50. The fraction of sp³-hybridized carbons (Fsp3) is 0.938. The fourth-order valence-electron chi connectivity index (χ4n) is 10.2. The molecular weight excluding hydrogens is 506 g/mol. The summed E-state index contributed by atoms with van der Waals surface area (Å²) in [6.07, 6.45) is 14.7. The number of methoxy groups -OCH3 is 2. The maximum Gasteiger partial charge on any atom is 0.248 e. The van der Waals surface area contributed by atoms with Crippen LogP contribution in [0.25, 0.3) is 0 Å². The maximum atomic E-state index is 14.2. The van der Waals surface area contributed by atoms with E-state index < -0.39 is 6.10 Å². The van der Waals surface area contributed by atoms with Crippen molar-refractivity contribution in [1.29, 1.82) is 0 Å². The van der Waals surface area contributed by atoms with E-state index >= 15 is 0 Å². The van der Waals surface area contributed by atoms with Gasteiger partial charge in [-0.1, -0.05) is 32.1 Å². The van der Waals surface area contributed by atoms with Gasteiger partial charge in [-0.15, -0.1) is 0 Å². The van der Waals surface area contributed by atoms with Crippen LogP contribution >= 0.6 is 0 Å². The normalized spacial score (nSPS) is 42.1. The van der Waals surface area contributed by atoms with Crippen molar-refractivity contribution in [1.82, 2.24) is 10.2 Å². The third-order valence-corrected chi connectivity index (χ3v) is 12.0. The van der Waals surface area contributed by atoms with Crippen molar-refractivity contribution >= 4 is 11.8 Å². The molecule has 3 aliphatic carbocycles. The topological polar surface area (TPSA) is 93.7 Å². The lowest BCUT2D eigenvalue weighted by molar-refractivity contribution is -0.713. The number of nitrogens with one attached hydrogen (secondary N) is 1. The van der Waals surface area contributed by atoms with E-state index in [0.29, 0.717) is 41.8 Å². The molecule has 6 aliphatic rings. The zero-order valence-electron chi connectivity index (χ0n) is 25.1. The summed E-state index contributed by atoms with van der Waals surface area (Å²) in [5, 5.41) is 5.69. The van der Waals surface area contributed by atoms with E-state index in [2.05, 4.69) is 15.5 Å². The molecule has 2 amide bonds. The number of carbonyl (C=O) groups excluding carboxylic acids is 2. The molecule has 3 saturated carbocycles. The summed E-state index contributed by atoms with van der Waals surface area (Å²) >= 11 is 0. The minimum absolute atomic E-state index is 0.00596. The van der Waals surface area contributed by atoms with Gasteiger partial charge < -0.3 is 29.7 Å². The number of hydrogen-bond donors (Lipinski definition) is 2. The van der Waals surface area contributed by atoms with Gasteiger partial charge in [0.15, 0.2) is 0 Å². The Labute approximate surface area is 241 Å². The number of fused-ring (bicyclic) bond motifs is 5. The van der Waals surface area contributed by atoms with Crippen LogP contribution in [0.2, 0.25) is 0 Å². The average molecular weight is 561 g/mol. The Kier molecular flexibility index (Phi) is 9.07. The van der Waals surface area contributed by atoms with Gasteiger partial charge in [-0.25, -0.2) is 0 Å². The van der Waals surface area contributed by atoms with Gasteiger partial charge in [0.25, 0.3) is 0 Å². The van der Waals surface area contributed by atoms with E-state index in [0.717, 1.165) is 57.5 Å². The molecule has 0 aromatic carbocycles. The first-order valence-electron chi connectivity index (χ1n) is 16.7. The zero-order chi connectivity index (χ0) is 27.8. The van der Waals surface area contributed by atoms with Crippen molar-refractivity contribution in [3.05, 3.63) is 0 Å². The van der Waals surface area contributed by atoms with E-state index in [-0.39, 0.29) is 30.1 Å². The van der Waals surface area contributed by atoms with Crippen molar-refractivity contribution in [3.63, 3.8) is 0 Å². The number of ether oxygens (including phenoxy) is 3. The van der Waals surface area contributed by atoms with Crippen LogP contribution in [0, 0.1) is 29.6 Å². The number of nitrogens with zero attached hydrogens (tertiary/aromatic N) is 1. The zero-order valence-corrected chi connectivity index (χ0v) is 25.1. The molecule has 0 radical (unpaired) electrons. The summed E-state index contributed by atoms with van der Waals surface area (Å²) in [5.41, 5.74) is 0. The molecule has 10 unspecified atom stereocenters. The molecule has 8 heteroatoms. The number of rotatable bonds is 9. The fourth-order valence-corrected chi connectivity index (χ4v) is 10.2. The molecular formula is C32H54N3O5+. The van der Waals surface area contributed by atoms with Crippen LogP contribution in [0.15, 0.2) is 0 Å². The van der Waals surface area contributed by atoms with Gasteiger partial charge in [0, 0.05) is 39.1 Å². The quantitative estimate of drug-likeness (QED) is 0.423. The van der Waals surface area contributed by atoms with Gasteiger partial charge >= 0.3 is 0 Å². The van der Waals surface area contributed by atoms with Crippen LogP contribution in [0.4, 0.5) is 0 Å². The van der Waals surface area contributed by atoms with E-state index in [1.54, 1.807) is 14.2 Å². The van der Waals surface area contributed by atoms with E-state index in [1.807, 2.05) is 6.92 Å². The van der Waals surface area contributed by atoms with Crippen LogP contribution in [-0.4, -0.2) is 86.6 Å². The minimum Gasteiger partial charge on any atom is -0.379 e. The molecule has 3 saturated heterocycles. The Morgan fingerprint density at radius 2 is 1.82 bits per heavy atom. The molecule has 0 aromatic rings. The van der Waals surface area contributed by atoms with Crippen molar-refractivity contribution < 1.29 is 29.1 Å². The summed E-state index contributed by atoms with van der Waals surface area (Å²) in [4.78, 5) is 29.4. The third kappa shape index (κ3) is 5.35. The molecule has 0 aromatic heterocycles. The van der Waals surface area contributed by atoms with Gasteiger partial charge in [0.2, 0.25) is 11.8 Å². The predicted octanol–water partition coefficient (Wildman–Crippen LogP) is 2.64. The highest BCUT2D eigenvalue weighted by atomic mass is 16.5. The molecule has 6 rings (SSSR count). The van der Waals surface area contributed by atoms with E-state index in [9.17, 15) is 9.59 Å². The summed E-state index contributed by atoms with van der Waals surface area (Å²) in [6, 6.07) is 1.08. The summed E-state index contributed by atoms with van der Waals surface area (Å²) in [6.45, 7) is 3.81. The average Bonchev–Trinajstić information content (AvgIpc) is 3.32. The third-order valence-electron chi connectivity index (χ3n) is 12.0. The molecule has 6 fully saturated rings. The van der Waals surface area contributed by atoms with Crippen LogP contribution in [-0.2, 0) is 23.8 Å². The standard InChI is InChI=1S/C32H53N3O5/c1-19(31(36)34-16-7-10-20-8-5-4-6-9-20)40-21-11-13-25-24(18-21)22-15-17-33-28-23-12-14-26(38-2)30(39-3)27(23)32(37)35(25)29(22)28/h19-30,33H,4-18H2,1-3H3,(H,34,36)/p+1/t19-,21?,22?,23?,24?,25?,26?,27?,28?,29?,30?/m0/s1. The Bertz CT molecular complexity index is 896. The van der Waals surface area contributed by atoms with Crippen molar-refractivity contribution in [2.75, 3.05) is 27.3 Å². The second-order valence-corrected chi connectivity index (χ2v) is 13.9. The Morgan fingerprint density at radius 1 is 1.00 bits per heavy atom. The smallest absolute Gasteiger partial charge is 0.248 e. The highest BCUT2D eigenvalue weighted by Crippen LogP contribution is 2.53. The number of piperidine rings is 2. The lowest BCUT2D eigenvalue weighted by Gasteiger charge is -2.53. The van der Waals surface area contributed by atoms with Gasteiger partial charge in [-0.3, -0.25) is 9.59 Å². The first kappa shape index (κ1) is 28.9. The van der Waals surface area contributed by atoms with Crippen molar-refractivity contribution in [2.24, 2.45) is 29.6 Å². The molecule has 3 heterocycles. The lowest BCUT2D eigenvalue weighted by Crippen LogP contribution is -2.99. The van der Waals surface area contributed by atoms with E-state index in [4.69, 9.17) is 14.2 Å². The highest BCUT2D eigenvalue weighted by Gasteiger charge is 2.66. The Balaban J connectivity index is 1.06. The largest absolute Gasteiger partial charge is 0.379 e. The number of nitrogens with two attached hydrogens (primary N) is 1. The summed E-state index contributed by atoms with van der Waals surface area (Å²) in [5.74, 6) is 2.47. The number of carbonyl (C=O) groups is 2. The number of quaternary nitrogens is 1. The van der Waals surface area contributed by atoms with Crippen LogP contribution in [0.1, 0.15) is 90.4 Å². The molecule has 0 bridgehead atoms. The van der Waals surface area contributed by atoms with Gasteiger partial charge in [0.05, 0.1) is 36.8 Å². The van der Waals surface area contributed by atoms with Crippen molar-refractivity contribution in [3.8, 4) is 0 Å². The SMILES string of the molecule is COC1CCC2C3[NH2+]CCC4C5CC(O[C@@H](C)C(=O)NCCCC6CCCCC6)CCC5N(C(=O)C2C1OC)C43. The van der Waals surface area contributed by atoms with Crippen LogP contribution in [0.3, 0.4) is 0 Å². The number of hydrogen-bond acceptors (Lipinski definition) is 5. The first-order chi connectivity index (χ1) is 19.5. The lowest BCUT2D eigenvalue weighted by atomic mass is 9.64. The van der Waals surface area contributed by atoms with Gasteiger partial charge in [-0.05, 0) is 69.6 Å². The molecule has 0 spiro atoms. The van der Waals surface area contributed by atoms with Crippen LogP contribution in [0.5, 0.6) is 0 Å². The number of amides is 2. The molecule has 226 valence electrons. The van der Waals surface area contributed by atoms with Gasteiger partial charge in [-0.2, -0.15) is 0 Å². The minimum atomic E-state index is -0.425. The second kappa shape index (κ2) is 12.6. The molecule has 3 aliphatic heterocycles. The summed E-state index contributed by atoms with van der Waals surface area (Å²) < 4.78 is 18.2. The van der Waals surface area contributed by atoms with E-state index in [1.165, 1.54) is 44.9 Å². The molecule has 40 heavy (non-hydrogen) atoms.